The fourth-order valence-electron chi connectivity index (χ4n) is 2.04. The van der Waals surface area contributed by atoms with Crippen LogP contribution in [-0.2, 0) is 0 Å². The van der Waals surface area contributed by atoms with Gasteiger partial charge in [0.15, 0.2) is 11.5 Å². The summed E-state index contributed by atoms with van der Waals surface area (Å²) in [6.45, 7) is 1.99. The summed E-state index contributed by atoms with van der Waals surface area (Å²) in [6.07, 6.45) is 0.930. The number of methoxy groups -OCH3 is 2. The van der Waals surface area contributed by atoms with Crippen LogP contribution in [-0.4, -0.2) is 14.2 Å². The van der Waals surface area contributed by atoms with Gasteiger partial charge < -0.3 is 9.47 Å². The molecule has 2 rings (SSSR count). The van der Waals surface area contributed by atoms with Crippen LogP contribution < -0.4 is 9.47 Å². The molecule has 1 saturated carbocycles. The van der Waals surface area contributed by atoms with Crippen LogP contribution in [0.3, 0.4) is 0 Å². The smallest absolute Gasteiger partial charge is 0.160 e. The summed E-state index contributed by atoms with van der Waals surface area (Å²) in [5.41, 5.74) is 0.960. The fourth-order valence-corrected chi connectivity index (χ4v) is 2.04. The van der Waals surface area contributed by atoms with Crippen LogP contribution in [0.25, 0.3) is 0 Å². The molecule has 2 atom stereocenters. The predicted molar refractivity (Wildman–Crippen MR) is 60.6 cm³/mol. The molecule has 1 aliphatic carbocycles. The van der Waals surface area contributed by atoms with Crippen molar-refractivity contribution in [3.63, 3.8) is 0 Å². The van der Waals surface area contributed by atoms with E-state index in [-0.39, 0.29) is 5.41 Å². The summed E-state index contributed by atoms with van der Waals surface area (Å²) in [4.78, 5) is 0. The van der Waals surface area contributed by atoms with Crippen LogP contribution in [0.2, 0.25) is 0 Å². The second-order valence-electron chi connectivity index (χ2n) is 4.40. The average Bonchev–Trinajstić information content (AvgIpc) is 3.01. The van der Waals surface area contributed by atoms with Crippen molar-refractivity contribution in [1.29, 1.82) is 5.26 Å². The summed E-state index contributed by atoms with van der Waals surface area (Å²) in [5.74, 6) is 1.79. The van der Waals surface area contributed by atoms with E-state index in [0.717, 1.165) is 23.5 Å². The van der Waals surface area contributed by atoms with Gasteiger partial charge in [-0.25, -0.2) is 0 Å². The van der Waals surface area contributed by atoms with Crippen LogP contribution >= 0.6 is 0 Å². The zero-order valence-corrected chi connectivity index (χ0v) is 9.78. The Balaban J connectivity index is 2.29. The van der Waals surface area contributed by atoms with Gasteiger partial charge in [0.2, 0.25) is 0 Å². The molecular weight excluding hydrogens is 202 g/mol. The Hall–Kier alpha value is -1.69. The lowest BCUT2D eigenvalue weighted by molar-refractivity contribution is 0.354. The summed E-state index contributed by atoms with van der Waals surface area (Å²) in [5, 5.41) is 9.02. The van der Waals surface area contributed by atoms with E-state index >= 15 is 0 Å². The largest absolute Gasteiger partial charge is 0.493 e. The molecule has 1 fully saturated rings. The molecule has 0 bridgehead atoms. The van der Waals surface area contributed by atoms with Crippen molar-refractivity contribution in [2.75, 3.05) is 14.2 Å². The molecule has 3 nitrogen and oxygen atoms in total. The number of hydrogen-bond acceptors (Lipinski definition) is 3. The van der Waals surface area contributed by atoms with Gasteiger partial charge in [0.05, 0.1) is 25.7 Å². The number of rotatable bonds is 3. The summed E-state index contributed by atoms with van der Waals surface area (Å²) >= 11 is 0. The van der Waals surface area contributed by atoms with E-state index < -0.39 is 0 Å². The first kappa shape index (κ1) is 10.8. The van der Waals surface area contributed by atoms with Gasteiger partial charge in [-0.2, -0.15) is 5.26 Å². The van der Waals surface area contributed by atoms with Gasteiger partial charge in [-0.05, 0) is 31.0 Å². The monoisotopic (exact) mass is 217 g/mol. The standard InChI is InChI=1S/C13H15NO2/c1-13(8-14)7-10(13)9-4-5-11(15-2)12(6-9)16-3/h4-6,10H,7H2,1-3H3. The third kappa shape index (κ3) is 1.61. The molecule has 0 spiro atoms. The minimum Gasteiger partial charge on any atom is -0.493 e. The Bertz CT molecular complexity index is 450. The van der Waals surface area contributed by atoms with Crippen LogP contribution in [0.15, 0.2) is 18.2 Å². The van der Waals surface area contributed by atoms with Gasteiger partial charge in [0.25, 0.3) is 0 Å². The molecule has 1 aromatic rings. The quantitative estimate of drug-likeness (QED) is 0.781. The van der Waals surface area contributed by atoms with Crippen molar-refractivity contribution in [2.45, 2.75) is 19.3 Å². The van der Waals surface area contributed by atoms with E-state index in [1.807, 2.05) is 25.1 Å². The Labute approximate surface area is 95.6 Å². The maximum absolute atomic E-state index is 9.02. The van der Waals surface area contributed by atoms with Gasteiger partial charge in [0, 0.05) is 5.92 Å². The second-order valence-corrected chi connectivity index (χ2v) is 4.40. The fraction of sp³-hybridized carbons (Fsp3) is 0.462. The van der Waals surface area contributed by atoms with Crippen molar-refractivity contribution in [3.05, 3.63) is 23.8 Å². The van der Waals surface area contributed by atoms with E-state index in [1.165, 1.54) is 0 Å². The van der Waals surface area contributed by atoms with E-state index in [1.54, 1.807) is 14.2 Å². The topological polar surface area (TPSA) is 42.2 Å². The molecule has 16 heavy (non-hydrogen) atoms. The third-order valence-corrected chi connectivity index (χ3v) is 3.30. The van der Waals surface area contributed by atoms with E-state index in [2.05, 4.69) is 6.07 Å². The lowest BCUT2D eigenvalue weighted by Gasteiger charge is -2.09. The molecule has 2 unspecified atom stereocenters. The number of hydrogen-bond donors (Lipinski definition) is 0. The molecule has 1 aliphatic rings. The van der Waals surface area contributed by atoms with Gasteiger partial charge in [-0.15, -0.1) is 0 Å². The Morgan fingerprint density at radius 2 is 2.00 bits per heavy atom. The first-order valence-corrected chi connectivity index (χ1v) is 5.28. The lowest BCUT2D eigenvalue weighted by Crippen LogP contribution is -1.95. The van der Waals surface area contributed by atoms with Crippen molar-refractivity contribution in [1.82, 2.24) is 0 Å². The maximum atomic E-state index is 9.02. The van der Waals surface area contributed by atoms with Crippen molar-refractivity contribution in [2.24, 2.45) is 5.41 Å². The first-order valence-electron chi connectivity index (χ1n) is 5.28. The van der Waals surface area contributed by atoms with E-state index in [4.69, 9.17) is 14.7 Å². The van der Waals surface area contributed by atoms with Gasteiger partial charge in [-0.3, -0.25) is 0 Å². The number of nitrogens with zero attached hydrogens (tertiary/aromatic N) is 1. The van der Waals surface area contributed by atoms with Crippen molar-refractivity contribution in [3.8, 4) is 17.6 Å². The highest BCUT2D eigenvalue weighted by Crippen LogP contribution is 2.59. The van der Waals surface area contributed by atoms with Crippen LogP contribution in [0.4, 0.5) is 0 Å². The molecule has 0 saturated heterocycles. The summed E-state index contributed by atoms with van der Waals surface area (Å²) in [6, 6.07) is 8.22. The van der Waals surface area contributed by atoms with Crippen molar-refractivity contribution < 1.29 is 9.47 Å². The predicted octanol–water partition coefficient (Wildman–Crippen LogP) is 2.72. The highest BCUT2D eigenvalue weighted by Gasteiger charge is 2.51. The zero-order chi connectivity index (χ0) is 11.8. The normalized spacial score (nSPS) is 27.0. The molecule has 0 amide bonds. The van der Waals surface area contributed by atoms with Gasteiger partial charge >= 0.3 is 0 Å². The molecular formula is C13H15NO2. The maximum Gasteiger partial charge on any atom is 0.160 e. The van der Waals surface area contributed by atoms with Gasteiger partial charge in [-0.1, -0.05) is 6.07 Å². The summed E-state index contributed by atoms with van der Waals surface area (Å²) in [7, 11) is 3.24. The highest BCUT2D eigenvalue weighted by atomic mass is 16.5. The van der Waals surface area contributed by atoms with Gasteiger partial charge in [0.1, 0.15) is 0 Å². The van der Waals surface area contributed by atoms with Crippen LogP contribution in [0, 0.1) is 16.7 Å². The second kappa shape index (κ2) is 3.71. The number of ether oxygens (including phenoxy) is 2. The molecule has 0 radical (unpaired) electrons. The molecule has 0 aliphatic heterocycles. The van der Waals surface area contributed by atoms with Crippen molar-refractivity contribution >= 4 is 0 Å². The Morgan fingerprint density at radius 1 is 1.31 bits per heavy atom. The lowest BCUT2D eigenvalue weighted by atomic mass is 10.0. The molecule has 0 aromatic heterocycles. The molecule has 84 valence electrons. The molecule has 0 heterocycles. The molecule has 0 N–H and O–H groups in total. The van der Waals surface area contributed by atoms with Crippen LogP contribution in [0.5, 0.6) is 11.5 Å². The number of benzene rings is 1. The minimum absolute atomic E-state index is 0.195. The average molecular weight is 217 g/mol. The van der Waals surface area contributed by atoms with Crippen LogP contribution in [0.1, 0.15) is 24.8 Å². The Morgan fingerprint density at radius 3 is 2.50 bits per heavy atom. The first-order chi connectivity index (χ1) is 7.64. The van der Waals surface area contributed by atoms with E-state index in [0.29, 0.717) is 5.92 Å². The summed E-state index contributed by atoms with van der Waals surface area (Å²) < 4.78 is 10.4. The molecule has 1 aromatic carbocycles. The zero-order valence-electron chi connectivity index (χ0n) is 9.78. The highest BCUT2D eigenvalue weighted by molar-refractivity contribution is 5.46. The Kier molecular flexibility index (Phi) is 2.51. The SMILES string of the molecule is COc1ccc(C2CC2(C)C#N)cc1OC. The minimum atomic E-state index is -0.195. The molecule has 3 heteroatoms. The third-order valence-electron chi connectivity index (χ3n) is 3.30. The number of nitriles is 1. The van der Waals surface area contributed by atoms with E-state index in [9.17, 15) is 0 Å².